The van der Waals surface area contributed by atoms with Gasteiger partial charge in [-0.1, -0.05) is 79.2 Å². The normalized spacial score (nSPS) is 18.8. The van der Waals surface area contributed by atoms with Crippen LogP contribution in [0.25, 0.3) is 22.3 Å². The minimum absolute atomic E-state index is 0.261. The molecule has 4 aromatic rings. The van der Waals surface area contributed by atoms with Crippen LogP contribution in [0.15, 0.2) is 85.0 Å². The molecule has 0 fully saturated rings. The topological polar surface area (TPSA) is 77.2 Å². The SMILES string of the molecule is CCC1(COc2ccc3nc(C)n(Cc4ccc(-c5ccccc5)nc4Cl)c3c2)C=CC=CC1C(=O)O. The maximum absolute atomic E-state index is 11.9. The Labute approximate surface area is 220 Å². The zero-order chi connectivity index (χ0) is 26.0. The number of hydrogen-bond acceptors (Lipinski definition) is 4. The van der Waals surface area contributed by atoms with Gasteiger partial charge in [0.25, 0.3) is 0 Å². The highest BCUT2D eigenvalue weighted by Crippen LogP contribution is 2.38. The van der Waals surface area contributed by atoms with Crippen LogP contribution in [0, 0.1) is 18.3 Å². The van der Waals surface area contributed by atoms with Crippen molar-refractivity contribution in [3.63, 3.8) is 0 Å². The number of aliphatic carboxylic acids is 1. The van der Waals surface area contributed by atoms with Crippen molar-refractivity contribution in [2.75, 3.05) is 6.61 Å². The number of allylic oxidation sites excluding steroid dienone is 2. The Kier molecular flexibility index (Phi) is 6.85. The molecule has 2 aromatic carbocycles. The summed E-state index contributed by atoms with van der Waals surface area (Å²) < 4.78 is 8.29. The molecule has 0 radical (unpaired) electrons. The average molecular weight is 514 g/mol. The first kappa shape index (κ1) is 24.8. The smallest absolute Gasteiger partial charge is 0.311 e. The van der Waals surface area contributed by atoms with Gasteiger partial charge in [-0.2, -0.15) is 0 Å². The molecule has 0 saturated carbocycles. The lowest BCUT2D eigenvalue weighted by Crippen LogP contribution is -2.39. The van der Waals surface area contributed by atoms with Crippen LogP contribution in [0.1, 0.15) is 24.7 Å². The van der Waals surface area contributed by atoms with E-state index in [9.17, 15) is 9.90 Å². The predicted molar refractivity (Wildman–Crippen MR) is 146 cm³/mol. The molecule has 188 valence electrons. The third kappa shape index (κ3) is 4.89. The second kappa shape index (κ2) is 10.2. The third-order valence-corrected chi connectivity index (χ3v) is 7.46. The van der Waals surface area contributed by atoms with Crippen LogP contribution >= 0.6 is 11.6 Å². The van der Waals surface area contributed by atoms with Gasteiger partial charge >= 0.3 is 5.97 Å². The number of aryl methyl sites for hydroxylation is 1. The van der Waals surface area contributed by atoms with Crippen LogP contribution in [0.2, 0.25) is 5.15 Å². The zero-order valence-electron chi connectivity index (χ0n) is 20.8. The first-order chi connectivity index (χ1) is 17.9. The van der Waals surface area contributed by atoms with Gasteiger partial charge in [0.2, 0.25) is 0 Å². The van der Waals surface area contributed by atoms with Gasteiger partial charge in [-0.15, -0.1) is 0 Å². The fraction of sp³-hybridized carbons (Fsp3) is 0.233. The van der Waals surface area contributed by atoms with Gasteiger partial charge in [0, 0.05) is 22.6 Å². The van der Waals surface area contributed by atoms with Gasteiger partial charge in [0.1, 0.15) is 16.7 Å². The summed E-state index contributed by atoms with van der Waals surface area (Å²) >= 11 is 6.61. The molecular formula is C30H28ClN3O3. The molecule has 37 heavy (non-hydrogen) atoms. The van der Waals surface area contributed by atoms with Crippen molar-refractivity contribution in [1.82, 2.24) is 14.5 Å². The molecule has 2 unspecified atom stereocenters. The van der Waals surface area contributed by atoms with E-state index in [0.29, 0.717) is 23.9 Å². The van der Waals surface area contributed by atoms with E-state index in [1.165, 1.54) is 0 Å². The largest absolute Gasteiger partial charge is 0.493 e. The van der Waals surface area contributed by atoms with E-state index in [2.05, 4.69) is 9.55 Å². The van der Waals surface area contributed by atoms with Crippen LogP contribution in [-0.4, -0.2) is 32.2 Å². The molecule has 7 heteroatoms. The number of nitrogens with zero attached hydrogens (tertiary/aromatic N) is 3. The molecular weight excluding hydrogens is 486 g/mol. The molecule has 0 bridgehead atoms. The molecule has 2 heterocycles. The maximum atomic E-state index is 11.9. The molecule has 0 amide bonds. The maximum Gasteiger partial charge on any atom is 0.311 e. The number of fused-ring (bicyclic) bond motifs is 1. The summed E-state index contributed by atoms with van der Waals surface area (Å²) in [6, 6.07) is 19.7. The van der Waals surface area contributed by atoms with Gasteiger partial charge in [-0.3, -0.25) is 4.79 Å². The fourth-order valence-electron chi connectivity index (χ4n) is 4.87. The van der Waals surface area contributed by atoms with Crippen molar-refractivity contribution in [2.24, 2.45) is 11.3 Å². The second-order valence-electron chi connectivity index (χ2n) is 9.34. The van der Waals surface area contributed by atoms with Gasteiger partial charge in [0.05, 0.1) is 35.8 Å². The van der Waals surface area contributed by atoms with Crippen molar-refractivity contribution in [2.45, 2.75) is 26.8 Å². The Hall–Kier alpha value is -3.90. The van der Waals surface area contributed by atoms with Gasteiger partial charge in [-0.25, -0.2) is 9.97 Å². The van der Waals surface area contributed by atoms with Crippen molar-refractivity contribution < 1.29 is 14.6 Å². The highest BCUT2D eigenvalue weighted by Gasteiger charge is 2.40. The quantitative estimate of drug-likeness (QED) is 0.265. The monoisotopic (exact) mass is 513 g/mol. The summed E-state index contributed by atoms with van der Waals surface area (Å²) in [5.41, 5.74) is 3.89. The molecule has 6 nitrogen and oxygen atoms in total. The van der Waals surface area contributed by atoms with Crippen molar-refractivity contribution in [1.29, 1.82) is 0 Å². The highest BCUT2D eigenvalue weighted by molar-refractivity contribution is 6.30. The van der Waals surface area contributed by atoms with E-state index < -0.39 is 17.3 Å². The standard InChI is InChI=1S/C30H28ClN3O3/c1-3-30(16-8-7-11-24(30)29(35)36)19-37-23-13-15-26-27(17-23)34(20(2)32-26)18-22-12-14-25(33-28(22)31)21-9-5-4-6-10-21/h4-17,24H,3,18-19H2,1-2H3,(H,35,36). The lowest BCUT2D eigenvalue weighted by atomic mass is 9.71. The molecule has 2 atom stereocenters. The Morgan fingerprint density at radius 2 is 1.92 bits per heavy atom. The van der Waals surface area contributed by atoms with Crippen LogP contribution in [0.4, 0.5) is 0 Å². The summed E-state index contributed by atoms with van der Waals surface area (Å²) in [6.45, 7) is 4.73. The van der Waals surface area contributed by atoms with Crippen molar-refractivity contribution in [3.05, 3.63) is 102 Å². The van der Waals surface area contributed by atoms with Crippen LogP contribution < -0.4 is 4.74 Å². The predicted octanol–water partition coefficient (Wildman–Crippen LogP) is 6.71. The van der Waals surface area contributed by atoms with E-state index in [1.54, 1.807) is 12.2 Å². The molecule has 0 saturated heterocycles. The van der Waals surface area contributed by atoms with E-state index in [-0.39, 0.29) is 6.61 Å². The Morgan fingerprint density at radius 3 is 2.65 bits per heavy atom. The Bertz CT molecular complexity index is 1510. The summed E-state index contributed by atoms with van der Waals surface area (Å²) in [4.78, 5) is 21.2. The highest BCUT2D eigenvalue weighted by atomic mass is 35.5. The molecule has 2 aromatic heterocycles. The number of benzene rings is 2. The number of aromatic nitrogens is 3. The lowest BCUT2D eigenvalue weighted by Gasteiger charge is -2.35. The van der Waals surface area contributed by atoms with Crippen LogP contribution in [0.5, 0.6) is 5.75 Å². The Balaban J connectivity index is 1.40. The van der Waals surface area contributed by atoms with E-state index in [0.717, 1.165) is 33.7 Å². The first-order valence-corrected chi connectivity index (χ1v) is 12.7. The van der Waals surface area contributed by atoms with Gasteiger partial charge < -0.3 is 14.4 Å². The third-order valence-electron chi connectivity index (χ3n) is 7.13. The van der Waals surface area contributed by atoms with Gasteiger partial charge in [0.15, 0.2) is 0 Å². The zero-order valence-corrected chi connectivity index (χ0v) is 21.5. The molecule has 5 rings (SSSR count). The van der Waals surface area contributed by atoms with E-state index >= 15 is 0 Å². The second-order valence-corrected chi connectivity index (χ2v) is 9.70. The molecule has 1 aliphatic carbocycles. The number of halogens is 1. The molecule has 0 spiro atoms. The number of ether oxygens (including phenoxy) is 1. The lowest BCUT2D eigenvalue weighted by molar-refractivity contribution is -0.144. The fourth-order valence-corrected chi connectivity index (χ4v) is 5.09. The van der Waals surface area contributed by atoms with Crippen molar-refractivity contribution in [3.8, 4) is 17.0 Å². The van der Waals surface area contributed by atoms with Crippen LogP contribution in [-0.2, 0) is 11.3 Å². The molecule has 1 aliphatic rings. The summed E-state index contributed by atoms with van der Waals surface area (Å²) in [5.74, 6) is 0.0374. The average Bonchev–Trinajstić information content (AvgIpc) is 3.23. The minimum atomic E-state index is -0.848. The Morgan fingerprint density at radius 1 is 1.11 bits per heavy atom. The number of carboxylic acid groups (broad SMARTS) is 1. The number of carboxylic acids is 1. The number of imidazole rings is 1. The molecule has 1 N–H and O–H groups in total. The summed E-state index contributed by atoms with van der Waals surface area (Å²) in [5, 5.41) is 10.2. The van der Waals surface area contributed by atoms with Crippen molar-refractivity contribution >= 4 is 28.6 Å². The number of carbonyl (C=O) groups is 1. The summed E-state index contributed by atoms with van der Waals surface area (Å²) in [7, 11) is 0. The van der Waals surface area contributed by atoms with Crippen LogP contribution in [0.3, 0.4) is 0 Å². The number of rotatable bonds is 8. The van der Waals surface area contributed by atoms with E-state index in [1.807, 2.05) is 86.7 Å². The number of pyridine rings is 1. The molecule has 0 aliphatic heterocycles. The first-order valence-electron chi connectivity index (χ1n) is 12.3. The van der Waals surface area contributed by atoms with E-state index in [4.69, 9.17) is 21.3 Å². The summed E-state index contributed by atoms with van der Waals surface area (Å²) in [6.07, 6.45) is 8.01. The minimum Gasteiger partial charge on any atom is -0.493 e. The van der Waals surface area contributed by atoms with Gasteiger partial charge in [-0.05, 0) is 31.5 Å². The number of hydrogen-bond donors (Lipinski definition) is 1.